The number of rotatable bonds is 8. The van der Waals surface area contributed by atoms with Gasteiger partial charge in [-0.2, -0.15) is 5.10 Å². The van der Waals surface area contributed by atoms with Crippen LogP contribution >= 0.6 is 15.9 Å². The summed E-state index contributed by atoms with van der Waals surface area (Å²) in [7, 11) is -2.69. The van der Waals surface area contributed by atoms with Crippen molar-refractivity contribution in [3.63, 3.8) is 0 Å². The molecular formula is C22H18BrN5O5S. The van der Waals surface area contributed by atoms with Gasteiger partial charge in [0.15, 0.2) is 0 Å². The standard InChI is InChI=1S/C22H18BrN5O5S/c1-33-18-6-3-16(4-7-18)27-34(31,32)22-11-17(28(29)30)5-9-21(22)26-25-13-14-12-24-20-8-2-15(23)10-19(14)20/h2-13,24,26-27H,1H3. The number of methoxy groups -OCH3 is 1. The van der Waals surface area contributed by atoms with Crippen molar-refractivity contribution < 1.29 is 18.1 Å². The topological polar surface area (TPSA) is 139 Å². The van der Waals surface area contributed by atoms with E-state index in [1.807, 2.05) is 18.2 Å². The predicted octanol–water partition coefficient (Wildman–Crippen LogP) is 5.09. The van der Waals surface area contributed by atoms with Gasteiger partial charge in [0.2, 0.25) is 0 Å². The lowest BCUT2D eigenvalue weighted by molar-refractivity contribution is -0.385. The highest BCUT2D eigenvalue weighted by molar-refractivity contribution is 9.10. The van der Waals surface area contributed by atoms with E-state index in [1.165, 1.54) is 37.6 Å². The molecule has 0 unspecified atom stereocenters. The zero-order chi connectivity index (χ0) is 24.3. The number of aromatic amines is 1. The van der Waals surface area contributed by atoms with E-state index in [4.69, 9.17) is 4.74 Å². The van der Waals surface area contributed by atoms with Gasteiger partial charge in [-0.05, 0) is 48.5 Å². The molecule has 4 aromatic rings. The number of non-ortho nitro benzene ring substituents is 1. The van der Waals surface area contributed by atoms with Crippen molar-refractivity contribution in [2.45, 2.75) is 4.90 Å². The van der Waals surface area contributed by atoms with Crippen LogP contribution in [0.25, 0.3) is 10.9 Å². The quantitative estimate of drug-likeness (QED) is 0.160. The predicted molar refractivity (Wildman–Crippen MR) is 134 cm³/mol. The van der Waals surface area contributed by atoms with Crippen molar-refractivity contribution in [1.82, 2.24) is 4.98 Å². The highest BCUT2D eigenvalue weighted by atomic mass is 79.9. The summed E-state index contributed by atoms with van der Waals surface area (Å²) in [6, 6.07) is 15.4. The number of benzene rings is 3. The third kappa shape index (κ3) is 5.02. The number of hydrogen-bond acceptors (Lipinski definition) is 7. The van der Waals surface area contributed by atoms with Gasteiger partial charge >= 0.3 is 0 Å². The number of ether oxygens (including phenoxy) is 1. The van der Waals surface area contributed by atoms with Crippen molar-refractivity contribution in [2.24, 2.45) is 5.10 Å². The molecular weight excluding hydrogens is 526 g/mol. The molecule has 1 heterocycles. The summed E-state index contributed by atoms with van der Waals surface area (Å²) >= 11 is 3.43. The number of nitrogens with one attached hydrogen (secondary N) is 3. The van der Waals surface area contributed by atoms with E-state index in [0.29, 0.717) is 5.75 Å². The molecule has 0 saturated carbocycles. The number of fused-ring (bicyclic) bond motifs is 1. The molecule has 0 saturated heterocycles. The Morgan fingerprint density at radius 3 is 2.59 bits per heavy atom. The molecule has 0 radical (unpaired) electrons. The van der Waals surface area contributed by atoms with Gasteiger partial charge in [0.1, 0.15) is 10.6 Å². The Bertz CT molecular complexity index is 1500. The Labute approximate surface area is 203 Å². The van der Waals surface area contributed by atoms with Crippen LogP contribution in [0.5, 0.6) is 5.75 Å². The number of hydrazone groups is 1. The van der Waals surface area contributed by atoms with E-state index in [0.717, 1.165) is 27.0 Å². The zero-order valence-corrected chi connectivity index (χ0v) is 20.1. The van der Waals surface area contributed by atoms with Gasteiger partial charge < -0.3 is 9.72 Å². The Morgan fingerprint density at radius 2 is 1.88 bits per heavy atom. The maximum Gasteiger partial charge on any atom is 0.270 e. The molecule has 0 aliphatic heterocycles. The van der Waals surface area contributed by atoms with E-state index in [1.54, 1.807) is 18.3 Å². The van der Waals surface area contributed by atoms with E-state index in [2.05, 4.69) is 36.2 Å². The molecule has 1 aromatic heterocycles. The van der Waals surface area contributed by atoms with Crippen LogP contribution in [0.2, 0.25) is 0 Å². The molecule has 0 aliphatic rings. The van der Waals surface area contributed by atoms with Crippen LogP contribution in [0.3, 0.4) is 0 Å². The Hall–Kier alpha value is -3.90. The fourth-order valence-corrected chi connectivity index (χ4v) is 4.80. The van der Waals surface area contributed by atoms with Crippen LogP contribution in [0, 0.1) is 10.1 Å². The minimum Gasteiger partial charge on any atom is -0.497 e. The fourth-order valence-electron chi connectivity index (χ4n) is 3.20. The average Bonchev–Trinajstić information content (AvgIpc) is 3.21. The van der Waals surface area contributed by atoms with E-state index < -0.39 is 14.9 Å². The number of sulfonamides is 1. The highest BCUT2D eigenvalue weighted by Crippen LogP contribution is 2.29. The fraction of sp³-hybridized carbons (Fsp3) is 0.0455. The third-order valence-electron chi connectivity index (χ3n) is 4.87. The van der Waals surface area contributed by atoms with Gasteiger partial charge in [0.05, 0.1) is 23.9 Å². The summed E-state index contributed by atoms with van der Waals surface area (Å²) in [5.74, 6) is 0.555. The second-order valence-corrected chi connectivity index (χ2v) is 9.64. The van der Waals surface area contributed by atoms with Crippen molar-refractivity contribution in [3.05, 3.63) is 87.0 Å². The number of H-pyrrole nitrogens is 1. The molecule has 0 spiro atoms. The summed E-state index contributed by atoms with van der Waals surface area (Å²) in [6.45, 7) is 0. The van der Waals surface area contributed by atoms with Crippen LogP contribution < -0.4 is 14.9 Å². The normalized spacial score (nSPS) is 11.6. The minimum atomic E-state index is -4.19. The molecule has 174 valence electrons. The van der Waals surface area contributed by atoms with Crippen molar-refractivity contribution in [1.29, 1.82) is 0 Å². The molecule has 3 N–H and O–H groups in total. The number of hydrogen-bond donors (Lipinski definition) is 3. The van der Waals surface area contributed by atoms with Crippen LogP contribution in [-0.2, 0) is 10.0 Å². The first-order valence-electron chi connectivity index (χ1n) is 9.78. The number of nitro benzene ring substituents is 1. The Morgan fingerprint density at radius 1 is 1.12 bits per heavy atom. The molecule has 0 bridgehead atoms. The first-order valence-corrected chi connectivity index (χ1v) is 12.1. The Kier molecular flexibility index (Phi) is 6.52. The van der Waals surface area contributed by atoms with Crippen molar-refractivity contribution >= 4 is 60.1 Å². The molecule has 0 amide bonds. The lowest BCUT2D eigenvalue weighted by atomic mass is 10.2. The van der Waals surface area contributed by atoms with Gasteiger partial charge in [-0.15, -0.1) is 0 Å². The maximum atomic E-state index is 13.1. The van der Waals surface area contributed by atoms with Crippen LogP contribution in [0.1, 0.15) is 5.56 Å². The lowest BCUT2D eigenvalue weighted by Crippen LogP contribution is -2.15. The second-order valence-electron chi connectivity index (χ2n) is 7.08. The molecule has 0 aliphatic carbocycles. The molecule has 0 fully saturated rings. The maximum absolute atomic E-state index is 13.1. The third-order valence-corrected chi connectivity index (χ3v) is 6.79. The summed E-state index contributed by atoms with van der Waals surface area (Å²) in [4.78, 5) is 13.4. The van der Waals surface area contributed by atoms with Gasteiger partial charge in [-0.3, -0.25) is 20.3 Å². The monoisotopic (exact) mass is 543 g/mol. The van der Waals surface area contributed by atoms with Gasteiger partial charge in [0.25, 0.3) is 15.7 Å². The first kappa shape index (κ1) is 23.3. The number of nitrogens with zero attached hydrogens (tertiary/aromatic N) is 2. The molecule has 12 heteroatoms. The van der Waals surface area contributed by atoms with Gasteiger partial charge in [0, 0.05) is 45.0 Å². The smallest absolute Gasteiger partial charge is 0.270 e. The Balaban J connectivity index is 1.65. The van der Waals surface area contributed by atoms with Crippen molar-refractivity contribution in [3.8, 4) is 5.75 Å². The molecule has 4 rings (SSSR count). The molecule has 0 atom stereocenters. The highest BCUT2D eigenvalue weighted by Gasteiger charge is 2.23. The summed E-state index contributed by atoms with van der Waals surface area (Å²) < 4.78 is 34.6. The molecule has 34 heavy (non-hydrogen) atoms. The number of halogens is 1. The van der Waals surface area contributed by atoms with Crippen LogP contribution in [-0.4, -0.2) is 31.6 Å². The minimum absolute atomic E-state index is 0.0730. The zero-order valence-electron chi connectivity index (χ0n) is 17.7. The second kappa shape index (κ2) is 9.53. The summed E-state index contributed by atoms with van der Waals surface area (Å²) in [6.07, 6.45) is 3.29. The summed E-state index contributed by atoms with van der Waals surface area (Å²) in [5.41, 5.74) is 4.34. The summed E-state index contributed by atoms with van der Waals surface area (Å²) in [5, 5.41) is 16.3. The number of aromatic nitrogens is 1. The van der Waals surface area contributed by atoms with E-state index >= 15 is 0 Å². The van der Waals surface area contributed by atoms with Gasteiger partial charge in [-0.1, -0.05) is 15.9 Å². The number of nitro groups is 1. The first-order chi connectivity index (χ1) is 16.3. The van der Waals surface area contributed by atoms with Crippen LogP contribution in [0.4, 0.5) is 17.1 Å². The van der Waals surface area contributed by atoms with E-state index in [-0.39, 0.29) is 22.0 Å². The van der Waals surface area contributed by atoms with Gasteiger partial charge in [-0.25, -0.2) is 8.42 Å². The van der Waals surface area contributed by atoms with Crippen LogP contribution in [0.15, 0.2) is 81.3 Å². The largest absolute Gasteiger partial charge is 0.497 e. The molecule has 3 aromatic carbocycles. The number of anilines is 2. The lowest BCUT2D eigenvalue weighted by Gasteiger charge is -2.12. The SMILES string of the molecule is COc1ccc(NS(=O)(=O)c2cc([N+](=O)[O-])ccc2NN=Cc2c[nH]c3ccc(Br)cc23)cc1. The van der Waals surface area contributed by atoms with Crippen molar-refractivity contribution in [2.75, 3.05) is 17.3 Å². The van der Waals surface area contributed by atoms with E-state index in [9.17, 15) is 18.5 Å². The molecule has 10 nitrogen and oxygen atoms in total. The average molecular weight is 544 g/mol.